The van der Waals surface area contributed by atoms with Crippen LogP contribution in [0.1, 0.15) is 187 Å². The third kappa shape index (κ3) is 39.1. The lowest BCUT2D eigenvalue weighted by molar-refractivity contribution is -0.150. The van der Waals surface area contributed by atoms with Crippen molar-refractivity contribution in [3.63, 3.8) is 0 Å². The summed E-state index contributed by atoms with van der Waals surface area (Å²) in [6, 6.07) is -1.39. The Labute approximate surface area is 353 Å². The number of aliphatic hydroxyl groups excluding tert-OH is 1. The van der Waals surface area contributed by atoms with Crippen molar-refractivity contribution in [3.8, 4) is 0 Å². The maximum atomic E-state index is 12.8. The molecule has 0 radical (unpaired) electrons. The minimum atomic E-state index is -1.39. The Bertz CT molecular complexity index is 1200. The van der Waals surface area contributed by atoms with Gasteiger partial charge in [-0.1, -0.05) is 138 Å². The highest BCUT2D eigenvalue weighted by Crippen LogP contribution is 2.18. The van der Waals surface area contributed by atoms with E-state index in [1.807, 2.05) is 0 Å². The summed E-state index contributed by atoms with van der Waals surface area (Å²) in [4.78, 5) is 47.6. The van der Waals surface area contributed by atoms with Crippen LogP contribution in [0, 0.1) is 0 Å². The molecule has 9 heteroatoms. The average molecular weight is 811 g/mol. The third-order valence-electron chi connectivity index (χ3n) is 9.69. The molecule has 0 aromatic heterocycles. The van der Waals surface area contributed by atoms with Gasteiger partial charge in [0.05, 0.1) is 13.2 Å². The normalized spacial score (nSPS) is 13.2. The number of aliphatic hydroxyl groups is 1. The Balaban J connectivity index is 4.48. The molecule has 0 heterocycles. The summed E-state index contributed by atoms with van der Waals surface area (Å²) in [5.74, 6) is -2.36. The summed E-state index contributed by atoms with van der Waals surface area (Å²) in [6.45, 7) is 3.34. The minimum Gasteiger partial charge on any atom is -0.480 e. The van der Waals surface area contributed by atoms with Gasteiger partial charge < -0.3 is 25.6 Å². The van der Waals surface area contributed by atoms with E-state index in [1.165, 1.54) is 38.5 Å². The van der Waals surface area contributed by atoms with E-state index in [2.05, 4.69) is 97.4 Å². The Morgan fingerprint density at radius 2 is 0.983 bits per heavy atom. The zero-order chi connectivity index (χ0) is 42.6. The predicted octanol–water partition coefficient (Wildman–Crippen LogP) is 11.5. The number of rotatable bonds is 40. The monoisotopic (exact) mass is 811 g/mol. The molecule has 0 rings (SSSR count). The van der Waals surface area contributed by atoms with Crippen LogP contribution >= 0.6 is 0 Å². The maximum absolute atomic E-state index is 12.8. The zero-order valence-electron chi connectivity index (χ0n) is 36.5. The molecule has 2 atom stereocenters. The zero-order valence-corrected chi connectivity index (χ0v) is 36.5. The van der Waals surface area contributed by atoms with Gasteiger partial charge in [0.1, 0.15) is 12.1 Å². The van der Waals surface area contributed by atoms with E-state index in [0.717, 1.165) is 116 Å². The van der Waals surface area contributed by atoms with Gasteiger partial charge in [0.25, 0.3) is 0 Å². The van der Waals surface area contributed by atoms with E-state index >= 15 is 0 Å². The molecule has 2 amide bonds. The summed E-state index contributed by atoms with van der Waals surface area (Å²) >= 11 is 0. The number of unbranched alkanes of at least 4 members (excludes halogenated alkanes) is 14. The van der Waals surface area contributed by atoms with Crippen LogP contribution < -0.4 is 10.6 Å². The Hall–Kier alpha value is -3.72. The lowest BCUT2D eigenvalue weighted by Gasteiger charge is -2.18. The topological polar surface area (TPSA) is 142 Å². The highest BCUT2D eigenvalue weighted by molar-refractivity contribution is 5.87. The van der Waals surface area contributed by atoms with Crippen molar-refractivity contribution in [1.82, 2.24) is 10.6 Å². The molecular formula is C49H82N2O7. The van der Waals surface area contributed by atoms with Crippen molar-refractivity contribution in [3.05, 3.63) is 72.9 Å². The van der Waals surface area contributed by atoms with Crippen molar-refractivity contribution in [2.45, 2.75) is 199 Å². The SMILES string of the molecule is CC/C=C\C/C=C\C/C=C\C/C=C\CCCCC(=O)OC(CCCCC/C=C\C/C=C\CCCCCCC)CCCCCCCC(=O)NCC(=O)NC(CO)C(=O)O. The van der Waals surface area contributed by atoms with Crippen LogP contribution in [-0.2, 0) is 23.9 Å². The molecule has 0 aromatic rings. The number of hydrogen-bond donors (Lipinski definition) is 4. The largest absolute Gasteiger partial charge is 0.480 e. The number of carbonyl (C=O) groups excluding carboxylic acids is 3. The second-order valence-corrected chi connectivity index (χ2v) is 15.1. The van der Waals surface area contributed by atoms with Crippen LogP contribution in [0.2, 0.25) is 0 Å². The van der Waals surface area contributed by atoms with Crippen molar-refractivity contribution in [1.29, 1.82) is 0 Å². The van der Waals surface area contributed by atoms with Gasteiger partial charge in [0.15, 0.2) is 0 Å². The number of allylic oxidation sites excluding steroid dienone is 12. The van der Waals surface area contributed by atoms with Gasteiger partial charge >= 0.3 is 11.9 Å². The van der Waals surface area contributed by atoms with E-state index < -0.39 is 24.5 Å². The van der Waals surface area contributed by atoms with E-state index in [4.69, 9.17) is 14.9 Å². The van der Waals surface area contributed by atoms with Gasteiger partial charge in [0, 0.05) is 12.8 Å². The van der Waals surface area contributed by atoms with Gasteiger partial charge in [-0.3, -0.25) is 14.4 Å². The summed E-state index contributed by atoms with van der Waals surface area (Å²) in [5.41, 5.74) is 0. The molecule has 2 unspecified atom stereocenters. The standard InChI is InChI=1S/C49H82N2O7/c1-3-5-7-9-11-13-15-17-19-21-23-25-27-30-34-38-44(39-35-31-29-32-36-40-46(53)50-42-47(54)51-45(43-52)49(56)57)58-48(55)41-37-33-28-26-24-22-20-18-16-14-12-10-8-6-4-2/h6,8,12,14-15,17-18,20-21,23-24,26,44-45,52H,3-5,7,9-11,13,16,19,22,25,27-43H2,1-2H3,(H,50,53)(H,51,54)(H,56,57)/b8-6-,14-12-,17-15-,20-18-,23-21-,26-24-. The molecule has 0 bridgehead atoms. The first-order valence-corrected chi connectivity index (χ1v) is 22.8. The third-order valence-corrected chi connectivity index (χ3v) is 9.69. The number of ether oxygens (including phenoxy) is 1. The first-order valence-electron chi connectivity index (χ1n) is 22.8. The van der Waals surface area contributed by atoms with Crippen LogP contribution in [0.25, 0.3) is 0 Å². The van der Waals surface area contributed by atoms with Gasteiger partial charge in [0.2, 0.25) is 11.8 Å². The maximum Gasteiger partial charge on any atom is 0.328 e. The summed E-state index contributed by atoms with van der Waals surface area (Å²) in [5, 5.41) is 22.6. The molecule has 0 aliphatic carbocycles. The molecule has 0 aliphatic heterocycles. The van der Waals surface area contributed by atoms with E-state index in [-0.39, 0.29) is 30.9 Å². The van der Waals surface area contributed by atoms with Gasteiger partial charge in [-0.15, -0.1) is 0 Å². The highest BCUT2D eigenvalue weighted by atomic mass is 16.5. The molecule has 0 saturated heterocycles. The summed E-state index contributed by atoms with van der Waals surface area (Å²) in [7, 11) is 0. The van der Waals surface area contributed by atoms with E-state index in [9.17, 15) is 19.2 Å². The molecule has 0 saturated carbocycles. The van der Waals surface area contributed by atoms with Gasteiger partial charge in [-0.05, 0) is 109 Å². The number of esters is 1. The molecule has 0 aromatic carbocycles. The van der Waals surface area contributed by atoms with Crippen LogP contribution in [0.4, 0.5) is 0 Å². The van der Waals surface area contributed by atoms with Crippen molar-refractivity contribution in [2.75, 3.05) is 13.2 Å². The molecule has 0 spiro atoms. The second kappa shape index (κ2) is 42.9. The molecule has 58 heavy (non-hydrogen) atoms. The average Bonchev–Trinajstić information content (AvgIpc) is 3.21. The Morgan fingerprint density at radius 3 is 1.52 bits per heavy atom. The van der Waals surface area contributed by atoms with Crippen LogP contribution in [-0.4, -0.2) is 59.3 Å². The van der Waals surface area contributed by atoms with Gasteiger partial charge in [-0.25, -0.2) is 4.79 Å². The predicted molar refractivity (Wildman–Crippen MR) is 240 cm³/mol. The van der Waals surface area contributed by atoms with Crippen LogP contribution in [0.15, 0.2) is 72.9 Å². The number of amides is 2. The number of carboxylic acids is 1. The first kappa shape index (κ1) is 54.3. The van der Waals surface area contributed by atoms with E-state index in [0.29, 0.717) is 12.8 Å². The lowest BCUT2D eigenvalue weighted by atomic mass is 10.0. The fourth-order valence-corrected chi connectivity index (χ4v) is 6.21. The molecule has 0 fully saturated rings. The lowest BCUT2D eigenvalue weighted by Crippen LogP contribution is -2.47. The highest BCUT2D eigenvalue weighted by Gasteiger charge is 2.19. The number of nitrogens with one attached hydrogen (secondary N) is 2. The molecule has 4 N–H and O–H groups in total. The summed E-state index contributed by atoms with van der Waals surface area (Å²) < 4.78 is 6.01. The quantitative estimate of drug-likeness (QED) is 0.0274. The molecule has 9 nitrogen and oxygen atoms in total. The number of aliphatic carboxylic acids is 1. The minimum absolute atomic E-state index is 0.0621. The summed E-state index contributed by atoms with van der Waals surface area (Å²) in [6.07, 6.45) is 53.5. The van der Waals surface area contributed by atoms with Crippen molar-refractivity contribution < 1.29 is 34.1 Å². The molecule has 330 valence electrons. The number of hydrogen-bond acceptors (Lipinski definition) is 6. The number of carbonyl (C=O) groups is 4. The first-order chi connectivity index (χ1) is 28.3. The van der Waals surface area contributed by atoms with Crippen LogP contribution in [0.3, 0.4) is 0 Å². The Morgan fingerprint density at radius 1 is 0.534 bits per heavy atom. The Kier molecular flexibility index (Phi) is 40.1. The molecular weight excluding hydrogens is 729 g/mol. The molecule has 0 aliphatic rings. The number of carboxylic acid groups (broad SMARTS) is 1. The fourth-order valence-electron chi connectivity index (χ4n) is 6.21. The smallest absolute Gasteiger partial charge is 0.328 e. The van der Waals surface area contributed by atoms with Crippen molar-refractivity contribution in [2.24, 2.45) is 0 Å². The van der Waals surface area contributed by atoms with Crippen LogP contribution in [0.5, 0.6) is 0 Å². The van der Waals surface area contributed by atoms with E-state index in [1.54, 1.807) is 0 Å². The fraction of sp³-hybridized carbons (Fsp3) is 0.673. The van der Waals surface area contributed by atoms with Crippen molar-refractivity contribution >= 4 is 23.8 Å². The second-order valence-electron chi connectivity index (χ2n) is 15.1. The van der Waals surface area contributed by atoms with Gasteiger partial charge in [-0.2, -0.15) is 0 Å².